The van der Waals surface area contributed by atoms with Crippen molar-refractivity contribution < 1.29 is 19.2 Å². The molecular formula is C12H15BrN2O4. The molecule has 104 valence electrons. The van der Waals surface area contributed by atoms with Crippen LogP contribution in [0.5, 0.6) is 0 Å². The Balaban J connectivity index is 2.97. The largest absolute Gasteiger partial charge is 0.450 e. The lowest BCUT2D eigenvalue weighted by molar-refractivity contribution is -0.142. The molecule has 0 fully saturated rings. The Kier molecular flexibility index (Phi) is 4.88. The Morgan fingerprint density at radius 3 is 2.37 bits per heavy atom. The van der Waals surface area contributed by atoms with Gasteiger partial charge in [0.25, 0.3) is 0 Å². The third-order valence-corrected chi connectivity index (χ3v) is 2.17. The van der Waals surface area contributed by atoms with Crippen molar-refractivity contribution in [2.45, 2.75) is 33.3 Å². The van der Waals surface area contributed by atoms with Crippen LogP contribution in [0, 0.1) is 0 Å². The fraction of sp³-hybridized carbons (Fsp3) is 0.417. The molecule has 0 aromatic carbocycles. The van der Waals surface area contributed by atoms with Gasteiger partial charge in [0.15, 0.2) is 5.82 Å². The van der Waals surface area contributed by atoms with E-state index in [-0.39, 0.29) is 5.82 Å². The average molecular weight is 331 g/mol. The van der Waals surface area contributed by atoms with Crippen LogP contribution in [0.25, 0.3) is 0 Å². The number of hydroxylamine groups is 1. The SMILES string of the molecule is CC(=O)ON(C(=O)OC(C)(C)C)c1ccc(Br)cn1. The third-order valence-electron chi connectivity index (χ3n) is 1.70. The van der Waals surface area contributed by atoms with Crippen LogP contribution in [0.2, 0.25) is 0 Å². The van der Waals surface area contributed by atoms with Crippen molar-refractivity contribution >= 4 is 33.8 Å². The monoisotopic (exact) mass is 330 g/mol. The van der Waals surface area contributed by atoms with Crippen LogP contribution in [0.4, 0.5) is 10.6 Å². The molecule has 1 aromatic heterocycles. The quantitative estimate of drug-likeness (QED) is 0.740. The minimum absolute atomic E-state index is 0.160. The van der Waals surface area contributed by atoms with Crippen LogP contribution in [-0.2, 0) is 14.4 Å². The normalized spacial score (nSPS) is 10.8. The van der Waals surface area contributed by atoms with Crippen LogP contribution in [0.15, 0.2) is 22.8 Å². The first-order chi connectivity index (χ1) is 8.69. The van der Waals surface area contributed by atoms with Gasteiger partial charge < -0.3 is 9.57 Å². The molecule has 0 radical (unpaired) electrons. The molecule has 0 unspecified atom stereocenters. The molecular weight excluding hydrogens is 316 g/mol. The molecule has 7 heteroatoms. The first kappa shape index (κ1) is 15.4. The van der Waals surface area contributed by atoms with Crippen molar-refractivity contribution in [1.29, 1.82) is 0 Å². The standard InChI is InChI=1S/C12H15BrN2O4/c1-8(16)19-15(11(17)18-12(2,3)4)10-6-5-9(13)7-14-10/h5-7H,1-4H3. The highest BCUT2D eigenvalue weighted by molar-refractivity contribution is 9.10. The summed E-state index contributed by atoms with van der Waals surface area (Å²) in [6.07, 6.45) is 0.674. The fourth-order valence-electron chi connectivity index (χ4n) is 1.10. The molecule has 0 aliphatic rings. The molecule has 0 spiro atoms. The number of halogens is 1. The molecule has 0 aliphatic heterocycles. The smallest absolute Gasteiger partial charge is 0.441 e. The Bertz CT molecular complexity index is 468. The highest BCUT2D eigenvalue weighted by Gasteiger charge is 2.27. The molecule has 0 saturated heterocycles. The van der Waals surface area contributed by atoms with Crippen molar-refractivity contribution in [2.75, 3.05) is 5.06 Å². The Labute approximate surface area is 119 Å². The number of anilines is 1. The molecule has 0 N–H and O–H groups in total. The van der Waals surface area contributed by atoms with Crippen molar-refractivity contribution in [1.82, 2.24) is 4.98 Å². The lowest BCUT2D eigenvalue weighted by Crippen LogP contribution is -2.38. The van der Waals surface area contributed by atoms with Gasteiger partial charge in [0, 0.05) is 17.6 Å². The van der Waals surface area contributed by atoms with Crippen molar-refractivity contribution in [2.24, 2.45) is 0 Å². The second-order valence-corrected chi connectivity index (χ2v) is 5.61. The van der Waals surface area contributed by atoms with E-state index < -0.39 is 17.7 Å². The molecule has 0 saturated carbocycles. The molecule has 1 aromatic rings. The van der Waals surface area contributed by atoms with Gasteiger partial charge in [0.2, 0.25) is 0 Å². The number of amides is 1. The zero-order valence-electron chi connectivity index (χ0n) is 11.1. The number of ether oxygens (including phenoxy) is 1. The number of aromatic nitrogens is 1. The van der Waals surface area contributed by atoms with Crippen molar-refractivity contribution in [3.63, 3.8) is 0 Å². The summed E-state index contributed by atoms with van der Waals surface area (Å²) in [4.78, 5) is 31.8. The van der Waals surface area contributed by atoms with E-state index in [1.165, 1.54) is 19.2 Å². The predicted molar refractivity (Wildman–Crippen MR) is 72.4 cm³/mol. The van der Waals surface area contributed by atoms with Crippen LogP contribution in [0.3, 0.4) is 0 Å². The second-order valence-electron chi connectivity index (χ2n) is 4.69. The van der Waals surface area contributed by atoms with Gasteiger partial charge >= 0.3 is 12.1 Å². The van der Waals surface area contributed by atoms with Crippen LogP contribution < -0.4 is 5.06 Å². The summed E-state index contributed by atoms with van der Waals surface area (Å²) in [7, 11) is 0. The zero-order valence-corrected chi connectivity index (χ0v) is 12.7. The molecule has 0 atom stereocenters. The molecule has 1 rings (SSSR count). The number of carbonyl (C=O) groups excluding carboxylic acids is 2. The van der Waals surface area contributed by atoms with Gasteiger partial charge in [-0.15, -0.1) is 0 Å². The van der Waals surface area contributed by atoms with E-state index in [1.54, 1.807) is 26.8 Å². The molecule has 1 amide bonds. The molecule has 0 bridgehead atoms. The number of carbonyl (C=O) groups is 2. The summed E-state index contributed by atoms with van der Waals surface area (Å²) in [6, 6.07) is 3.19. The first-order valence-corrected chi connectivity index (χ1v) is 6.31. The third kappa shape index (κ3) is 5.25. The minimum atomic E-state index is -0.808. The maximum absolute atomic E-state index is 12.0. The van der Waals surface area contributed by atoms with Gasteiger partial charge in [-0.2, -0.15) is 0 Å². The fourth-order valence-corrected chi connectivity index (χ4v) is 1.33. The molecule has 0 aliphatic carbocycles. The number of nitrogens with zero attached hydrogens (tertiary/aromatic N) is 2. The summed E-state index contributed by atoms with van der Waals surface area (Å²) < 4.78 is 5.88. The van der Waals surface area contributed by atoms with E-state index >= 15 is 0 Å². The van der Waals surface area contributed by atoms with Crippen molar-refractivity contribution in [3.05, 3.63) is 22.8 Å². The number of pyridine rings is 1. The van der Waals surface area contributed by atoms with Gasteiger partial charge in [-0.1, -0.05) is 5.06 Å². The summed E-state index contributed by atoms with van der Waals surface area (Å²) in [5, 5.41) is 0.722. The van der Waals surface area contributed by atoms with Crippen LogP contribution >= 0.6 is 15.9 Å². The van der Waals surface area contributed by atoms with Gasteiger partial charge in [-0.05, 0) is 48.8 Å². The maximum atomic E-state index is 12.0. The number of hydrogen-bond acceptors (Lipinski definition) is 5. The van der Waals surface area contributed by atoms with E-state index in [0.717, 1.165) is 9.54 Å². The molecule has 6 nitrogen and oxygen atoms in total. The minimum Gasteiger partial charge on any atom is -0.441 e. The van der Waals surface area contributed by atoms with Crippen molar-refractivity contribution in [3.8, 4) is 0 Å². The lowest BCUT2D eigenvalue weighted by Gasteiger charge is -2.24. The van der Waals surface area contributed by atoms with E-state index in [4.69, 9.17) is 9.57 Å². The highest BCUT2D eigenvalue weighted by atomic mass is 79.9. The molecule has 19 heavy (non-hydrogen) atoms. The van der Waals surface area contributed by atoms with E-state index in [2.05, 4.69) is 20.9 Å². The van der Waals surface area contributed by atoms with Crippen LogP contribution in [-0.4, -0.2) is 22.6 Å². The van der Waals surface area contributed by atoms with E-state index in [1.807, 2.05) is 0 Å². The summed E-state index contributed by atoms with van der Waals surface area (Å²) in [6.45, 7) is 6.33. The summed E-state index contributed by atoms with van der Waals surface area (Å²) in [5.41, 5.74) is -0.704. The Morgan fingerprint density at radius 2 is 1.95 bits per heavy atom. The van der Waals surface area contributed by atoms with E-state index in [9.17, 15) is 9.59 Å². The average Bonchev–Trinajstić information content (AvgIpc) is 2.24. The second kappa shape index (κ2) is 6.01. The van der Waals surface area contributed by atoms with E-state index in [0.29, 0.717) is 0 Å². The topological polar surface area (TPSA) is 68.7 Å². The summed E-state index contributed by atoms with van der Waals surface area (Å²) >= 11 is 3.23. The summed E-state index contributed by atoms with van der Waals surface area (Å²) in [5.74, 6) is -0.483. The molecule has 1 heterocycles. The maximum Gasteiger partial charge on any atom is 0.450 e. The van der Waals surface area contributed by atoms with Crippen LogP contribution in [0.1, 0.15) is 27.7 Å². The van der Waals surface area contributed by atoms with Gasteiger partial charge in [-0.25, -0.2) is 14.6 Å². The Morgan fingerprint density at radius 1 is 1.32 bits per heavy atom. The van der Waals surface area contributed by atoms with Gasteiger partial charge in [0.05, 0.1) is 0 Å². The Hall–Kier alpha value is -1.63. The van der Waals surface area contributed by atoms with Gasteiger partial charge in [-0.3, -0.25) is 0 Å². The highest BCUT2D eigenvalue weighted by Crippen LogP contribution is 2.18. The predicted octanol–water partition coefficient (Wildman–Crippen LogP) is 3.06. The lowest BCUT2D eigenvalue weighted by atomic mass is 10.2. The number of rotatable bonds is 1. The zero-order chi connectivity index (χ0) is 14.6. The number of hydrogen-bond donors (Lipinski definition) is 0. The first-order valence-electron chi connectivity index (χ1n) is 5.52. The van der Waals surface area contributed by atoms with Gasteiger partial charge in [0.1, 0.15) is 5.60 Å².